The highest BCUT2D eigenvalue weighted by Gasteiger charge is 2.22. The van der Waals surface area contributed by atoms with Crippen LogP contribution in [0.5, 0.6) is 0 Å². The van der Waals surface area contributed by atoms with Crippen molar-refractivity contribution in [2.24, 2.45) is 0 Å². The van der Waals surface area contributed by atoms with Crippen molar-refractivity contribution in [3.05, 3.63) is 35.0 Å². The highest BCUT2D eigenvalue weighted by molar-refractivity contribution is 5.94. The van der Waals surface area contributed by atoms with E-state index in [1.807, 2.05) is 6.92 Å². The number of nitrogens with zero attached hydrogens (tertiary/aromatic N) is 1. The van der Waals surface area contributed by atoms with Crippen molar-refractivity contribution in [1.29, 1.82) is 0 Å². The van der Waals surface area contributed by atoms with Crippen LogP contribution in [0.25, 0.3) is 10.9 Å². The zero-order valence-corrected chi connectivity index (χ0v) is 10.2. The van der Waals surface area contributed by atoms with Crippen LogP contribution in [0.3, 0.4) is 0 Å². The zero-order chi connectivity index (χ0) is 12.7. The first-order valence-electron chi connectivity index (χ1n) is 6.25. The van der Waals surface area contributed by atoms with E-state index in [1.54, 1.807) is 0 Å². The Morgan fingerprint density at radius 1 is 1.22 bits per heavy atom. The third-order valence-corrected chi connectivity index (χ3v) is 3.42. The fraction of sp³-hybridized carbons (Fsp3) is 0.357. The molecule has 0 spiro atoms. The number of halogens is 2. The van der Waals surface area contributed by atoms with E-state index in [9.17, 15) is 8.78 Å². The van der Waals surface area contributed by atoms with E-state index in [0.29, 0.717) is 6.54 Å². The lowest BCUT2D eigenvalue weighted by atomic mass is 10.1. The topological polar surface area (TPSA) is 24.9 Å². The molecule has 4 heteroatoms. The summed E-state index contributed by atoms with van der Waals surface area (Å²) in [7, 11) is 0. The smallest absolute Gasteiger partial charge is 0.149 e. The summed E-state index contributed by atoms with van der Waals surface area (Å²) in [5.74, 6) is -0.871. The molecule has 0 saturated heterocycles. The van der Waals surface area contributed by atoms with Crippen LogP contribution in [0.15, 0.2) is 12.1 Å². The fourth-order valence-corrected chi connectivity index (χ4v) is 2.67. The van der Waals surface area contributed by atoms with E-state index in [4.69, 9.17) is 0 Å². The number of aromatic nitrogens is 1. The van der Waals surface area contributed by atoms with Gasteiger partial charge in [-0.1, -0.05) is 0 Å². The Morgan fingerprint density at radius 3 is 2.78 bits per heavy atom. The minimum atomic E-state index is -0.458. The molecule has 1 N–H and O–H groups in total. The Morgan fingerprint density at radius 2 is 2.00 bits per heavy atom. The molecular formula is C14H14F2N2. The van der Waals surface area contributed by atoms with Gasteiger partial charge in [0.25, 0.3) is 0 Å². The summed E-state index contributed by atoms with van der Waals surface area (Å²) in [6.07, 6.45) is 2.73. The molecule has 94 valence electrons. The Hall–Kier alpha value is -1.71. The summed E-state index contributed by atoms with van der Waals surface area (Å²) in [6, 6.07) is 2.31. The van der Waals surface area contributed by atoms with Gasteiger partial charge in [0, 0.05) is 12.2 Å². The Bertz CT molecular complexity index is 623. The molecule has 0 bridgehead atoms. The van der Waals surface area contributed by atoms with Crippen LogP contribution >= 0.6 is 0 Å². The van der Waals surface area contributed by atoms with Crippen molar-refractivity contribution in [2.75, 3.05) is 11.9 Å². The minimum absolute atomic E-state index is 0.145. The summed E-state index contributed by atoms with van der Waals surface area (Å²) >= 11 is 0. The Labute approximate surface area is 104 Å². The molecule has 0 amide bonds. The normalized spacial score (nSPS) is 13.9. The number of pyridine rings is 1. The van der Waals surface area contributed by atoms with E-state index in [0.717, 1.165) is 42.3 Å². The van der Waals surface area contributed by atoms with Crippen LogP contribution < -0.4 is 5.32 Å². The van der Waals surface area contributed by atoms with Crippen molar-refractivity contribution in [3.63, 3.8) is 0 Å². The third-order valence-electron chi connectivity index (χ3n) is 3.42. The van der Waals surface area contributed by atoms with Crippen molar-refractivity contribution in [1.82, 2.24) is 4.98 Å². The van der Waals surface area contributed by atoms with Gasteiger partial charge in [0.15, 0.2) is 0 Å². The first kappa shape index (κ1) is 11.4. The molecule has 1 aliphatic carbocycles. The van der Waals surface area contributed by atoms with Gasteiger partial charge in [-0.15, -0.1) is 0 Å². The summed E-state index contributed by atoms with van der Waals surface area (Å²) in [6.45, 7) is 2.63. The van der Waals surface area contributed by atoms with Gasteiger partial charge in [-0.2, -0.15) is 0 Å². The molecule has 0 atom stereocenters. The van der Waals surface area contributed by atoms with E-state index in [2.05, 4.69) is 10.3 Å². The molecule has 0 aliphatic heterocycles. The average molecular weight is 248 g/mol. The maximum atomic E-state index is 14.0. The number of benzene rings is 1. The average Bonchev–Trinajstić information content (AvgIpc) is 2.82. The van der Waals surface area contributed by atoms with Crippen molar-refractivity contribution < 1.29 is 8.78 Å². The summed E-state index contributed by atoms with van der Waals surface area (Å²) in [4.78, 5) is 4.30. The van der Waals surface area contributed by atoms with Gasteiger partial charge in [0.1, 0.15) is 17.2 Å². The second-order valence-electron chi connectivity index (χ2n) is 4.55. The molecule has 2 aromatic rings. The Balaban J connectivity index is 2.42. The maximum absolute atomic E-state index is 14.0. The van der Waals surface area contributed by atoms with Crippen LogP contribution in [0.2, 0.25) is 0 Å². The predicted molar refractivity (Wildman–Crippen MR) is 67.8 cm³/mol. The Kier molecular flexibility index (Phi) is 2.65. The van der Waals surface area contributed by atoms with E-state index < -0.39 is 11.6 Å². The minimum Gasteiger partial charge on any atom is -0.384 e. The van der Waals surface area contributed by atoms with E-state index in [1.165, 1.54) is 6.07 Å². The first-order valence-corrected chi connectivity index (χ1v) is 6.25. The molecule has 3 rings (SSSR count). The lowest BCUT2D eigenvalue weighted by Gasteiger charge is -2.14. The highest BCUT2D eigenvalue weighted by atomic mass is 19.1. The monoisotopic (exact) mass is 248 g/mol. The molecule has 0 saturated carbocycles. The molecule has 1 aromatic heterocycles. The van der Waals surface area contributed by atoms with Crippen LogP contribution in [0, 0.1) is 11.6 Å². The van der Waals surface area contributed by atoms with E-state index in [-0.39, 0.29) is 10.9 Å². The molecule has 0 radical (unpaired) electrons. The number of nitrogens with one attached hydrogen (secondary N) is 1. The molecule has 1 heterocycles. The summed E-state index contributed by atoms with van der Waals surface area (Å²) in [5.41, 5.74) is 2.83. The number of hydrogen-bond donors (Lipinski definition) is 1. The van der Waals surface area contributed by atoms with Gasteiger partial charge in [0.05, 0.1) is 11.1 Å². The van der Waals surface area contributed by atoms with E-state index >= 15 is 0 Å². The lowest BCUT2D eigenvalue weighted by molar-refractivity contribution is 0.615. The molecule has 1 aliphatic rings. The molecule has 18 heavy (non-hydrogen) atoms. The SMILES string of the molecule is CCNc1c2c(nc3c(F)ccc(F)c13)CCC2. The van der Waals surface area contributed by atoms with Gasteiger partial charge >= 0.3 is 0 Å². The van der Waals surface area contributed by atoms with Crippen LogP contribution in [-0.4, -0.2) is 11.5 Å². The van der Waals surface area contributed by atoms with Gasteiger partial charge in [-0.3, -0.25) is 0 Å². The molecule has 1 aromatic carbocycles. The maximum Gasteiger partial charge on any atom is 0.149 e. The highest BCUT2D eigenvalue weighted by Crippen LogP contribution is 2.36. The van der Waals surface area contributed by atoms with Gasteiger partial charge in [-0.25, -0.2) is 13.8 Å². The van der Waals surface area contributed by atoms with Crippen LogP contribution in [-0.2, 0) is 12.8 Å². The largest absolute Gasteiger partial charge is 0.384 e. The second kappa shape index (κ2) is 4.19. The van der Waals surface area contributed by atoms with Gasteiger partial charge in [-0.05, 0) is 43.9 Å². The quantitative estimate of drug-likeness (QED) is 0.880. The summed E-state index contributed by atoms with van der Waals surface area (Å²) in [5, 5.41) is 3.46. The number of hydrogen-bond acceptors (Lipinski definition) is 2. The van der Waals surface area contributed by atoms with Gasteiger partial charge in [0.2, 0.25) is 0 Å². The van der Waals surface area contributed by atoms with Crippen LogP contribution in [0.4, 0.5) is 14.5 Å². The second-order valence-corrected chi connectivity index (χ2v) is 4.55. The molecule has 0 fully saturated rings. The van der Waals surface area contributed by atoms with Gasteiger partial charge < -0.3 is 5.32 Å². The molecular weight excluding hydrogens is 234 g/mol. The number of rotatable bonds is 2. The number of anilines is 1. The predicted octanol–water partition coefficient (Wildman–Crippen LogP) is 3.43. The standard InChI is InChI=1S/C14H14F2N2/c1-2-17-13-8-4-3-5-11(8)18-14-10(16)7-6-9(15)12(13)14/h6-7H,2-5H2,1H3,(H,17,18). The lowest BCUT2D eigenvalue weighted by Crippen LogP contribution is -2.05. The zero-order valence-electron chi connectivity index (χ0n) is 10.2. The molecule has 0 unspecified atom stereocenters. The fourth-order valence-electron chi connectivity index (χ4n) is 2.67. The number of aryl methyl sites for hydroxylation is 1. The number of fused-ring (bicyclic) bond motifs is 2. The molecule has 2 nitrogen and oxygen atoms in total. The summed E-state index contributed by atoms with van der Waals surface area (Å²) < 4.78 is 27.8. The van der Waals surface area contributed by atoms with Crippen molar-refractivity contribution >= 4 is 16.6 Å². The van der Waals surface area contributed by atoms with Crippen molar-refractivity contribution in [3.8, 4) is 0 Å². The first-order chi connectivity index (χ1) is 8.72. The van der Waals surface area contributed by atoms with Crippen LogP contribution in [0.1, 0.15) is 24.6 Å². The third kappa shape index (κ3) is 1.55. The van der Waals surface area contributed by atoms with Crippen molar-refractivity contribution in [2.45, 2.75) is 26.2 Å².